The number of alkyl halides is 2. The van der Waals surface area contributed by atoms with Crippen LogP contribution in [-0.4, -0.2) is 42.5 Å². The normalized spacial score (nSPS) is 21.0. The zero-order chi connectivity index (χ0) is 16.8. The van der Waals surface area contributed by atoms with Gasteiger partial charge in [0.2, 0.25) is 0 Å². The molecular weight excluding hydrogens is 306 g/mol. The molecule has 4 heteroatoms. The number of piperidine rings is 1. The number of benzene rings is 1. The van der Waals surface area contributed by atoms with Crippen molar-refractivity contribution in [2.75, 3.05) is 32.7 Å². The lowest BCUT2D eigenvalue weighted by Crippen LogP contribution is -2.33. The molecule has 0 atom stereocenters. The second-order valence-corrected chi connectivity index (χ2v) is 7.46. The van der Waals surface area contributed by atoms with Gasteiger partial charge < -0.3 is 4.90 Å². The predicted molar refractivity (Wildman–Crippen MR) is 94.3 cm³/mol. The van der Waals surface area contributed by atoms with Gasteiger partial charge in [0.15, 0.2) is 0 Å². The molecule has 2 saturated heterocycles. The molecule has 2 heterocycles. The van der Waals surface area contributed by atoms with Gasteiger partial charge in [0.25, 0.3) is 6.43 Å². The number of likely N-dealkylation sites (tertiary alicyclic amines) is 2. The van der Waals surface area contributed by atoms with E-state index in [4.69, 9.17) is 0 Å². The molecular formula is C20H30F2N2. The number of halogens is 2. The molecule has 0 aliphatic carbocycles. The Bertz CT molecular complexity index is 492. The van der Waals surface area contributed by atoms with Crippen LogP contribution in [-0.2, 0) is 6.54 Å². The maximum absolute atomic E-state index is 12.8. The third-order valence-corrected chi connectivity index (χ3v) is 5.60. The fourth-order valence-corrected chi connectivity index (χ4v) is 4.13. The summed E-state index contributed by atoms with van der Waals surface area (Å²) in [6.45, 7) is 6.90. The summed E-state index contributed by atoms with van der Waals surface area (Å²) in [5.74, 6) is 0.858. The summed E-state index contributed by atoms with van der Waals surface area (Å²) in [7, 11) is 0. The third kappa shape index (κ3) is 5.25. The van der Waals surface area contributed by atoms with Gasteiger partial charge in [-0.2, -0.15) is 0 Å². The van der Waals surface area contributed by atoms with Crippen LogP contribution < -0.4 is 0 Å². The Morgan fingerprint density at radius 2 is 1.75 bits per heavy atom. The minimum absolute atomic E-state index is 0.143. The summed E-state index contributed by atoms with van der Waals surface area (Å²) < 4.78 is 25.6. The Morgan fingerprint density at radius 3 is 2.46 bits per heavy atom. The van der Waals surface area contributed by atoms with Crippen LogP contribution in [0.15, 0.2) is 24.3 Å². The molecule has 0 bridgehead atoms. The fraction of sp³-hybridized carbons (Fsp3) is 0.700. The van der Waals surface area contributed by atoms with E-state index in [-0.39, 0.29) is 5.56 Å². The fourth-order valence-electron chi connectivity index (χ4n) is 4.13. The number of hydrogen-bond acceptors (Lipinski definition) is 2. The first-order valence-electron chi connectivity index (χ1n) is 9.52. The molecule has 0 amide bonds. The Hall–Kier alpha value is -1.00. The zero-order valence-electron chi connectivity index (χ0n) is 14.6. The van der Waals surface area contributed by atoms with Gasteiger partial charge in [-0.1, -0.05) is 18.2 Å². The van der Waals surface area contributed by atoms with Gasteiger partial charge in [-0.3, -0.25) is 4.90 Å². The zero-order valence-corrected chi connectivity index (χ0v) is 14.6. The van der Waals surface area contributed by atoms with E-state index in [2.05, 4.69) is 9.80 Å². The van der Waals surface area contributed by atoms with E-state index in [1.807, 2.05) is 6.07 Å². The molecule has 2 aliphatic rings. The van der Waals surface area contributed by atoms with Crippen LogP contribution in [0.3, 0.4) is 0 Å². The molecule has 0 aromatic heterocycles. The first-order valence-corrected chi connectivity index (χ1v) is 9.52. The molecule has 0 saturated carbocycles. The molecule has 2 fully saturated rings. The Morgan fingerprint density at radius 1 is 1.00 bits per heavy atom. The SMILES string of the molecule is FC(F)c1cccc(CN2CCC(CCCN3CCCC3)CC2)c1. The summed E-state index contributed by atoms with van der Waals surface area (Å²) in [6.07, 6.45) is 5.59. The summed E-state index contributed by atoms with van der Waals surface area (Å²) in [4.78, 5) is 5.02. The topological polar surface area (TPSA) is 6.48 Å². The highest BCUT2D eigenvalue weighted by atomic mass is 19.3. The Balaban J connectivity index is 1.36. The van der Waals surface area contributed by atoms with E-state index in [1.165, 1.54) is 64.2 Å². The van der Waals surface area contributed by atoms with Crippen LogP contribution in [0.2, 0.25) is 0 Å². The van der Waals surface area contributed by atoms with Gasteiger partial charge in [-0.15, -0.1) is 0 Å². The van der Waals surface area contributed by atoms with Crippen LogP contribution in [0.25, 0.3) is 0 Å². The average molecular weight is 336 g/mol. The van der Waals surface area contributed by atoms with Gasteiger partial charge in [-0.05, 0) is 88.8 Å². The highest BCUT2D eigenvalue weighted by Gasteiger charge is 2.20. The van der Waals surface area contributed by atoms with Gasteiger partial charge in [-0.25, -0.2) is 8.78 Å². The summed E-state index contributed by atoms with van der Waals surface area (Å²) in [5.41, 5.74) is 1.16. The predicted octanol–water partition coefficient (Wildman–Crippen LogP) is 4.71. The van der Waals surface area contributed by atoms with Crippen molar-refractivity contribution in [3.05, 3.63) is 35.4 Å². The van der Waals surface area contributed by atoms with Crippen LogP contribution in [0.5, 0.6) is 0 Å². The van der Waals surface area contributed by atoms with Crippen molar-refractivity contribution >= 4 is 0 Å². The van der Waals surface area contributed by atoms with E-state index in [0.29, 0.717) is 0 Å². The van der Waals surface area contributed by atoms with Crippen molar-refractivity contribution < 1.29 is 8.78 Å². The third-order valence-electron chi connectivity index (χ3n) is 5.60. The minimum Gasteiger partial charge on any atom is -0.303 e. The monoisotopic (exact) mass is 336 g/mol. The molecule has 0 radical (unpaired) electrons. The molecule has 0 spiro atoms. The van der Waals surface area contributed by atoms with Gasteiger partial charge in [0.1, 0.15) is 0 Å². The lowest BCUT2D eigenvalue weighted by atomic mass is 9.92. The number of rotatable bonds is 7. The molecule has 1 aromatic carbocycles. The van der Waals surface area contributed by atoms with E-state index >= 15 is 0 Å². The van der Waals surface area contributed by atoms with Gasteiger partial charge >= 0.3 is 0 Å². The molecule has 2 nitrogen and oxygen atoms in total. The van der Waals surface area contributed by atoms with Crippen molar-refractivity contribution in [1.29, 1.82) is 0 Å². The number of nitrogens with zero attached hydrogens (tertiary/aromatic N) is 2. The number of hydrogen-bond donors (Lipinski definition) is 0. The van der Waals surface area contributed by atoms with Crippen LogP contribution in [0.4, 0.5) is 8.78 Å². The largest absolute Gasteiger partial charge is 0.303 e. The maximum Gasteiger partial charge on any atom is 0.263 e. The summed E-state index contributed by atoms with van der Waals surface area (Å²) >= 11 is 0. The molecule has 3 rings (SSSR count). The lowest BCUT2D eigenvalue weighted by Gasteiger charge is -2.32. The molecule has 0 unspecified atom stereocenters. The van der Waals surface area contributed by atoms with E-state index in [1.54, 1.807) is 12.1 Å². The van der Waals surface area contributed by atoms with E-state index < -0.39 is 6.43 Å². The molecule has 134 valence electrons. The van der Waals surface area contributed by atoms with Crippen LogP contribution in [0, 0.1) is 5.92 Å². The quantitative estimate of drug-likeness (QED) is 0.711. The van der Waals surface area contributed by atoms with Crippen molar-refractivity contribution in [3.8, 4) is 0 Å². The standard InChI is InChI=1S/C20H30F2N2/c21-20(22)19-7-3-5-18(15-19)16-24-13-8-17(9-14-24)6-4-12-23-10-1-2-11-23/h3,5,7,15,17,20H,1-2,4,6,8-14,16H2. The first-order chi connectivity index (χ1) is 11.7. The van der Waals surface area contributed by atoms with Crippen LogP contribution >= 0.6 is 0 Å². The second-order valence-electron chi connectivity index (χ2n) is 7.46. The van der Waals surface area contributed by atoms with Crippen molar-refractivity contribution in [1.82, 2.24) is 9.80 Å². The van der Waals surface area contributed by atoms with Gasteiger partial charge in [0, 0.05) is 12.1 Å². The first kappa shape index (κ1) is 17.8. The highest BCUT2D eigenvalue weighted by Crippen LogP contribution is 2.25. The molecule has 2 aliphatic heterocycles. The summed E-state index contributed by atoms with van der Waals surface area (Å²) in [5, 5.41) is 0. The smallest absolute Gasteiger partial charge is 0.263 e. The second kappa shape index (κ2) is 8.91. The molecule has 0 N–H and O–H groups in total. The average Bonchev–Trinajstić information content (AvgIpc) is 3.10. The maximum atomic E-state index is 12.8. The van der Waals surface area contributed by atoms with E-state index in [0.717, 1.165) is 31.1 Å². The summed E-state index contributed by atoms with van der Waals surface area (Å²) in [6, 6.07) is 6.89. The van der Waals surface area contributed by atoms with E-state index in [9.17, 15) is 8.78 Å². The minimum atomic E-state index is -2.37. The van der Waals surface area contributed by atoms with Gasteiger partial charge in [0.05, 0.1) is 0 Å². The highest BCUT2D eigenvalue weighted by molar-refractivity contribution is 5.24. The Kier molecular flexibility index (Phi) is 6.61. The van der Waals surface area contributed by atoms with Crippen molar-refractivity contribution in [2.45, 2.75) is 51.5 Å². The lowest BCUT2D eigenvalue weighted by molar-refractivity contribution is 0.150. The van der Waals surface area contributed by atoms with Crippen molar-refractivity contribution in [3.63, 3.8) is 0 Å². The molecule has 1 aromatic rings. The van der Waals surface area contributed by atoms with Crippen LogP contribution in [0.1, 0.15) is 56.1 Å². The molecule has 24 heavy (non-hydrogen) atoms. The Labute approximate surface area is 144 Å². The van der Waals surface area contributed by atoms with Crippen molar-refractivity contribution in [2.24, 2.45) is 5.92 Å².